The number of furan rings is 1. The SMILES string of the molecule is CCn1nc(-c2ccc(C(=O)NCCc3ccc(C)o3)cc2)nc1N(C)C. The fourth-order valence-electron chi connectivity index (χ4n) is 2.79. The quantitative estimate of drug-likeness (QED) is 0.695. The molecule has 2 aromatic heterocycles. The Kier molecular flexibility index (Phi) is 5.59. The fraction of sp³-hybridized carbons (Fsp3) is 0.350. The Morgan fingerprint density at radius 3 is 2.48 bits per heavy atom. The second kappa shape index (κ2) is 8.07. The Bertz CT molecular complexity index is 909. The van der Waals surface area contributed by atoms with E-state index < -0.39 is 0 Å². The Hall–Kier alpha value is -3.09. The third kappa shape index (κ3) is 4.36. The first-order valence-electron chi connectivity index (χ1n) is 9.04. The van der Waals surface area contributed by atoms with Gasteiger partial charge in [-0.25, -0.2) is 4.68 Å². The van der Waals surface area contributed by atoms with E-state index in [2.05, 4.69) is 15.4 Å². The molecule has 7 nitrogen and oxygen atoms in total. The monoisotopic (exact) mass is 367 g/mol. The van der Waals surface area contributed by atoms with Gasteiger partial charge in [0.1, 0.15) is 11.5 Å². The minimum absolute atomic E-state index is 0.106. The molecule has 0 aliphatic rings. The van der Waals surface area contributed by atoms with E-state index in [1.807, 2.05) is 61.8 Å². The highest BCUT2D eigenvalue weighted by Gasteiger charge is 2.13. The van der Waals surface area contributed by atoms with Crippen molar-refractivity contribution in [1.29, 1.82) is 0 Å². The number of nitrogens with zero attached hydrogens (tertiary/aromatic N) is 4. The molecule has 142 valence electrons. The minimum atomic E-state index is -0.106. The van der Waals surface area contributed by atoms with Crippen molar-refractivity contribution in [2.75, 3.05) is 25.5 Å². The Morgan fingerprint density at radius 2 is 1.93 bits per heavy atom. The third-order valence-electron chi connectivity index (χ3n) is 4.21. The molecule has 7 heteroatoms. The number of carbonyl (C=O) groups is 1. The molecule has 1 N–H and O–H groups in total. The summed E-state index contributed by atoms with van der Waals surface area (Å²) in [6.07, 6.45) is 0.670. The van der Waals surface area contributed by atoms with Gasteiger partial charge in [0.05, 0.1) is 0 Å². The third-order valence-corrected chi connectivity index (χ3v) is 4.21. The number of carbonyl (C=O) groups excluding carboxylic acids is 1. The van der Waals surface area contributed by atoms with Gasteiger partial charge in [-0.1, -0.05) is 12.1 Å². The lowest BCUT2D eigenvalue weighted by atomic mass is 10.1. The first kappa shape index (κ1) is 18.7. The van der Waals surface area contributed by atoms with Gasteiger partial charge in [-0.2, -0.15) is 4.98 Å². The molecular weight excluding hydrogens is 342 g/mol. The van der Waals surface area contributed by atoms with E-state index in [4.69, 9.17) is 4.42 Å². The van der Waals surface area contributed by atoms with Crippen LogP contribution in [0.15, 0.2) is 40.8 Å². The zero-order chi connectivity index (χ0) is 19.4. The van der Waals surface area contributed by atoms with Gasteiger partial charge in [-0.05, 0) is 38.1 Å². The molecule has 3 aromatic rings. The van der Waals surface area contributed by atoms with Gasteiger partial charge >= 0.3 is 0 Å². The first-order valence-corrected chi connectivity index (χ1v) is 9.04. The number of hydrogen-bond acceptors (Lipinski definition) is 5. The highest BCUT2D eigenvalue weighted by Crippen LogP contribution is 2.20. The van der Waals surface area contributed by atoms with Crippen LogP contribution < -0.4 is 10.2 Å². The van der Waals surface area contributed by atoms with Crippen LogP contribution in [-0.2, 0) is 13.0 Å². The van der Waals surface area contributed by atoms with Crippen molar-refractivity contribution in [3.05, 3.63) is 53.5 Å². The van der Waals surface area contributed by atoms with Gasteiger partial charge in [0.2, 0.25) is 5.95 Å². The smallest absolute Gasteiger partial charge is 0.251 e. The van der Waals surface area contributed by atoms with E-state index in [9.17, 15) is 4.79 Å². The lowest BCUT2D eigenvalue weighted by molar-refractivity contribution is 0.0953. The van der Waals surface area contributed by atoms with E-state index in [1.54, 1.807) is 12.1 Å². The molecule has 1 amide bonds. The number of aromatic nitrogens is 3. The maximum absolute atomic E-state index is 12.3. The highest BCUT2D eigenvalue weighted by molar-refractivity contribution is 5.94. The van der Waals surface area contributed by atoms with E-state index >= 15 is 0 Å². The highest BCUT2D eigenvalue weighted by atomic mass is 16.3. The van der Waals surface area contributed by atoms with Gasteiger partial charge in [0.15, 0.2) is 5.82 Å². The summed E-state index contributed by atoms with van der Waals surface area (Å²) < 4.78 is 7.36. The summed E-state index contributed by atoms with van der Waals surface area (Å²) in [4.78, 5) is 18.8. The molecule has 3 rings (SSSR count). The van der Waals surface area contributed by atoms with Crippen molar-refractivity contribution < 1.29 is 9.21 Å². The number of anilines is 1. The van der Waals surface area contributed by atoms with Crippen LogP contribution in [0.5, 0.6) is 0 Å². The standard InChI is InChI=1S/C20H25N5O2/c1-5-25-20(24(3)4)22-18(23-25)15-7-9-16(10-8-15)19(26)21-13-12-17-11-6-14(2)27-17/h6-11H,5,12-13H2,1-4H3,(H,21,26). The zero-order valence-corrected chi connectivity index (χ0v) is 16.2. The first-order chi connectivity index (χ1) is 13.0. The maximum atomic E-state index is 12.3. The second-order valence-electron chi connectivity index (χ2n) is 6.54. The molecule has 2 heterocycles. The van der Waals surface area contributed by atoms with E-state index in [0.717, 1.165) is 29.6 Å². The molecule has 0 aliphatic carbocycles. The van der Waals surface area contributed by atoms with Crippen LogP contribution in [0.1, 0.15) is 28.8 Å². The zero-order valence-electron chi connectivity index (χ0n) is 16.2. The lowest BCUT2D eigenvalue weighted by Gasteiger charge is -2.10. The number of aryl methyl sites for hydroxylation is 2. The molecule has 0 fully saturated rings. The molecule has 1 aromatic carbocycles. The number of rotatable bonds is 7. The van der Waals surface area contributed by atoms with Crippen molar-refractivity contribution in [2.24, 2.45) is 0 Å². The predicted octanol–water partition coefficient (Wildman–Crippen LogP) is 2.90. The molecule has 0 radical (unpaired) electrons. The molecular formula is C20H25N5O2. The van der Waals surface area contributed by atoms with Crippen LogP contribution in [0.4, 0.5) is 5.95 Å². The summed E-state index contributed by atoms with van der Waals surface area (Å²) >= 11 is 0. The number of amides is 1. The van der Waals surface area contributed by atoms with Crippen LogP contribution in [0.3, 0.4) is 0 Å². The Balaban J connectivity index is 1.63. The summed E-state index contributed by atoms with van der Waals surface area (Å²) in [5.41, 5.74) is 1.49. The predicted molar refractivity (Wildman–Crippen MR) is 105 cm³/mol. The van der Waals surface area contributed by atoms with Gasteiger partial charge < -0.3 is 14.6 Å². The molecule has 0 bridgehead atoms. The van der Waals surface area contributed by atoms with Gasteiger partial charge in [0, 0.05) is 44.7 Å². The number of hydrogen-bond donors (Lipinski definition) is 1. The van der Waals surface area contributed by atoms with Crippen molar-refractivity contribution >= 4 is 11.9 Å². The molecule has 27 heavy (non-hydrogen) atoms. The normalized spacial score (nSPS) is 10.8. The average Bonchev–Trinajstić information content (AvgIpc) is 3.28. The van der Waals surface area contributed by atoms with Gasteiger partial charge in [-0.15, -0.1) is 5.10 Å². The molecule has 0 atom stereocenters. The molecule has 0 unspecified atom stereocenters. The second-order valence-corrected chi connectivity index (χ2v) is 6.54. The summed E-state index contributed by atoms with van der Waals surface area (Å²) in [6, 6.07) is 11.2. The van der Waals surface area contributed by atoms with Crippen LogP contribution in [0, 0.1) is 6.92 Å². The van der Waals surface area contributed by atoms with Crippen molar-refractivity contribution in [2.45, 2.75) is 26.8 Å². The van der Waals surface area contributed by atoms with Crippen LogP contribution in [0.2, 0.25) is 0 Å². The van der Waals surface area contributed by atoms with E-state index in [1.165, 1.54) is 0 Å². The summed E-state index contributed by atoms with van der Waals surface area (Å²) in [6.45, 7) is 5.21. The minimum Gasteiger partial charge on any atom is -0.466 e. The van der Waals surface area contributed by atoms with Gasteiger partial charge in [-0.3, -0.25) is 4.79 Å². The van der Waals surface area contributed by atoms with Crippen molar-refractivity contribution in [3.8, 4) is 11.4 Å². The fourth-order valence-corrected chi connectivity index (χ4v) is 2.79. The van der Waals surface area contributed by atoms with Crippen molar-refractivity contribution in [1.82, 2.24) is 20.1 Å². The van der Waals surface area contributed by atoms with Crippen LogP contribution in [0.25, 0.3) is 11.4 Å². The number of benzene rings is 1. The van der Waals surface area contributed by atoms with E-state index in [0.29, 0.717) is 24.4 Å². The molecule has 0 saturated heterocycles. The largest absolute Gasteiger partial charge is 0.466 e. The average molecular weight is 367 g/mol. The van der Waals surface area contributed by atoms with Crippen molar-refractivity contribution in [3.63, 3.8) is 0 Å². The Morgan fingerprint density at radius 1 is 1.19 bits per heavy atom. The number of nitrogens with one attached hydrogen (secondary N) is 1. The summed E-state index contributed by atoms with van der Waals surface area (Å²) in [5.74, 6) is 3.11. The topological polar surface area (TPSA) is 76.2 Å². The van der Waals surface area contributed by atoms with Gasteiger partial charge in [0.25, 0.3) is 5.91 Å². The Labute approximate surface area is 159 Å². The van der Waals surface area contributed by atoms with E-state index in [-0.39, 0.29) is 5.91 Å². The lowest BCUT2D eigenvalue weighted by Crippen LogP contribution is -2.25. The summed E-state index contributed by atoms with van der Waals surface area (Å²) in [5, 5.41) is 7.45. The summed E-state index contributed by atoms with van der Waals surface area (Å²) in [7, 11) is 3.88. The molecule has 0 saturated carbocycles. The molecule has 0 spiro atoms. The van der Waals surface area contributed by atoms with Crippen LogP contribution in [-0.4, -0.2) is 41.3 Å². The molecule has 0 aliphatic heterocycles. The van der Waals surface area contributed by atoms with Crippen LogP contribution >= 0.6 is 0 Å². The maximum Gasteiger partial charge on any atom is 0.251 e.